The number of nitriles is 2. The molecule has 0 aliphatic carbocycles. The number of phosphoric acid groups is 1. The average molecular weight is 487 g/mol. The number of rotatable bonds is 8. The van der Waals surface area contributed by atoms with Gasteiger partial charge in [0.2, 0.25) is 5.91 Å². The fourth-order valence-corrected chi connectivity index (χ4v) is 5.35. The molecule has 0 radical (unpaired) electrons. The maximum absolute atomic E-state index is 12.2. The Hall–Kier alpha value is -2.92. The van der Waals surface area contributed by atoms with Crippen molar-refractivity contribution in [2.45, 2.75) is 36.1 Å². The predicted octanol–water partition coefficient (Wildman–Crippen LogP) is 2.39. The maximum atomic E-state index is 12.2. The molecule has 0 spiro atoms. The number of nitrogens with two attached hydrogens (primary N) is 1. The highest BCUT2D eigenvalue weighted by molar-refractivity contribution is 8.00. The third-order valence-electron chi connectivity index (χ3n) is 5.15. The molecule has 2 atom stereocenters. The summed E-state index contributed by atoms with van der Waals surface area (Å²) in [6.07, 6.45) is -0.0357. The van der Waals surface area contributed by atoms with Gasteiger partial charge in [0.25, 0.3) is 0 Å². The summed E-state index contributed by atoms with van der Waals surface area (Å²) in [5.74, 6) is -0.318. The Bertz CT molecular complexity index is 1170. The Morgan fingerprint density at radius 2 is 2.00 bits per heavy atom. The molecule has 1 aromatic heterocycles. The van der Waals surface area contributed by atoms with Crippen LogP contribution in [-0.2, 0) is 20.3 Å². The first kappa shape index (κ1) is 24.7. The zero-order valence-electron chi connectivity index (χ0n) is 17.7. The summed E-state index contributed by atoms with van der Waals surface area (Å²) < 4.78 is 16.0. The van der Waals surface area contributed by atoms with E-state index in [9.17, 15) is 19.9 Å². The third-order valence-corrected chi connectivity index (χ3v) is 6.98. The van der Waals surface area contributed by atoms with Crippen LogP contribution in [0.4, 0.5) is 5.82 Å². The first-order chi connectivity index (χ1) is 15.7. The van der Waals surface area contributed by atoms with Crippen LogP contribution < -0.4 is 10.6 Å². The fourth-order valence-electron chi connectivity index (χ4n) is 3.73. The molecule has 0 unspecified atom stereocenters. The molecule has 1 fully saturated rings. The normalized spacial score (nSPS) is 16.8. The van der Waals surface area contributed by atoms with E-state index in [0.29, 0.717) is 30.5 Å². The Kier molecular flexibility index (Phi) is 7.75. The van der Waals surface area contributed by atoms with Crippen LogP contribution in [-0.4, -0.2) is 39.9 Å². The number of pyridine rings is 1. The number of hydrogen-bond acceptors (Lipinski definition) is 8. The van der Waals surface area contributed by atoms with E-state index in [0.717, 1.165) is 11.8 Å². The lowest BCUT2D eigenvalue weighted by atomic mass is 10.0. The quantitative estimate of drug-likeness (QED) is 0.370. The number of hydrogen-bond donors (Lipinski definition) is 3. The van der Waals surface area contributed by atoms with E-state index in [2.05, 4.69) is 17.1 Å². The maximum Gasteiger partial charge on any atom is 0.469 e. The Morgan fingerprint density at radius 1 is 1.33 bits per heavy atom. The van der Waals surface area contributed by atoms with Crippen molar-refractivity contribution in [3.8, 4) is 12.1 Å². The lowest BCUT2D eigenvalue weighted by molar-refractivity contribution is -0.117. The first-order valence-corrected chi connectivity index (χ1v) is 12.5. The van der Waals surface area contributed by atoms with Crippen LogP contribution >= 0.6 is 19.6 Å². The summed E-state index contributed by atoms with van der Waals surface area (Å²) in [4.78, 5) is 36.7. The van der Waals surface area contributed by atoms with Crippen LogP contribution in [0.15, 0.2) is 35.4 Å². The molecule has 1 aliphatic heterocycles. The zero-order chi connectivity index (χ0) is 24.2. The van der Waals surface area contributed by atoms with Gasteiger partial charge in [0.1, 0.15) is 28.2 Å². The second-order valence-electron chi connectivity index (χ2n) is 7.31. The number of nitrogens with zero attached hydrogens (tertiary/aromatic N) is 4. The van der Waals surface area contributed by atoms with Gasteiger partial charge in [0, 0.05) is 13.1 Å². The highest BCUT2D eigenvalue weighted by atomic mass is 32.2. The smallest absolute Gasteiger partial charge is 0.368 e. The molecule has 1 aliphatic rings. The third kappa shape index (κ3) is 5.72. The van der Waals surface area contributed by atoms with E-state index in [4.69, 9.17) is 20.0 Å². The van der Waals surface area contributed by atoms with E-state index in [1.165, 1.54) is 0 Å². The van der Waals surface area contributed by atoms with Gasteiger partial charge in [-0.25, -0.2) is 9.55 Å². The van der Waals surface area contributed by atoms with Crippen LogP contribution in [0.2, 0.25) is 0 Å². The summed E-state index contributed by atoms with van der Waals surface area (Å²) in [6.45, 7) is 2.27. The van der Waals surface area contributed by atoms with Crippen molar-refractivity contribution in [1.29, 1.82) is 10.5 Å². The van der Waals surface area contributed by atoms with Crippen molar-refractivity contribution < 1.29 is 23.7 Å². The summed E-state index contributed by atoms with van der Waals surface area (Å²) in [5, 5.41) is 19.1. The molecule has 10 nitrogen and oxygen atoms in total. The number of carbonyl (C=O) groups is 1. The van der Waals surface area contributed by atoms with Gasteiger partial charge in [-0.3, -0.25) is 9.32 Å². The monoisotopic (exact) mass is 487 g/mol. The Labute approximate surface area is 195 Å². The summed E-state index contributed by atoms with van der Waals surface area (Å²) in [7, 11) is -4.66. The molecule has 172 valence electrons. The molecule has 2 aromatic rings. The van der Waals surface area contributed by atoms with Gasteiger partial charge in [0.15, 0.2) is 0 Å². The van der Waals surface area contributed by atoms with Crippen molar-refractivity contribution in [2.24, 2.45) is 5.73 Å². The second kappa shape index (κ2) is 10.3. The van der Waals surface area contributed by atoms with Gasteiger partial charge < -0.3 is 20.4 Å². The van der Waals surface area contributed by atoms with Gasteiger partial charge in [-0.1, -0.05) is 49.0 Å². The summed E-state index contributed by atoms with van der Waals surface area (Å²) >= 11 is 1.03. The van der Waals surface area contributed by atoms with Crippen LogP contribution in [0, 0.1) is 22.7 Å². The molecule has 1 amide bonds. The number of anilines is 1. The van der Waals surface area contributed by atoms with E-state index in [-0.39, 0.29) is 28.5 Å². The van der Waals surface area contributed by atoms with Crippen molar-refractivity contribution in [2.75, 3.05) is 18.0 Å². The predicted molar refractivity (Wildman–Crippen MR) is 121 cm³/mol. The number of benzene rings is 1. The van der Waals surface area contributed by atoms with Gasteiger partial charge in [0.05, 0.1) is 17.2 Å². The number of phosphoric ester groups is 1. The van der Waals surface area contributed by atoms with Gasteiger partial charge in [-0.15, -0.1) is 0 Å². The molecule has 0 bridgehead atoms. The van der Waals surface area contributed by atoms with Crippen molar-refractivity contribution in [3.63, 3.8) is 0 Å². The summed E-state index contributed by atoms with van der Waals surface area (Å²) in [5.41, 5.74) is 7.21. The zero-order valence-corrected chi connectivity index (χ0v) is 19.4. The topological polar surface area (TPSA) is 174 Å². The van der Waals surface area contributed by atoms with E-state index in [1.54, 1.807) is 29.2 Å². The number of amides is 1. The molecule has 33 heavy (non-hydrogen) atoms. The molecule has 4 N–H and O–H groups in total. The minimum atomic E-state index is -4.66. The molecule has 2 heterocycles. The minimum Gasteiger partial charge on any atom is -0.368 e. The fraction of sp³-hybridized carbons (Fsp3) is 0.333. The second-order valence-corrected chi connectivity index (χ2v) is 9.60. The molecule has 0 saturated carbocycles. The van der Waals surface area contributed by atoms with E-state index < -0.39 is 25.1 Å². The van der Waals surface area contributed by atoms with Gasteiger partial charge in [-0.05, 0) is 24.0 Å². The number of primary amides is 1. The molecule has 3 rings (SSSR count). The molecule has 1 aromatic carbocycles. The van der Waals surface area contributed by atoms with Gasteiger partial charge >= 0.3 is 7.82 Å². The molecular formula is C21H22N5O5PS. The molecule has 1 saturated heterocycles. The van der Waals surface area contributed by atoms with Crippen molar-refractivity contribution in [1.82, 2.24) is 4.98 Å². The Morgan fingerprint density at radius 3 is 2.55 bits per heavy atom. The Balaban J connectivity index is 2.06. The van der Waals surface area contributed by atoms with Gasteiger partial charge in [-0.2, -0.15) is 10.5 Å². The van der Waals surface area contributed by atoms with Crippen molar-refractivity contribution >= 4 is 31.3 Å². The first-order valence-electron chi connectivity index (χ1n) is 10.0. The number of carbonyl (C=O) groups excluding carboxylic acids is 1. The van der Waals surface area contributed by atoms with Crippen molar-refractivity contribution in [3.05, 3.63) is 52.6 Å². The number of thioether (sulfide) groups is 1. The SMILES string of the molecule is CCc1c(C#N)c(S[C@H](C(N)=O)c2ccccc2)nc(N2CC[C@H](OP(=O)(O)O)C2)c1C#N. The van der Waals surface area contributed by atoms with Crippen LogP contribution in [0.3, 0.4) is 0 Å². The van der Waals surface area contributed by atoms with Crippen LogP contribution in [0.1, 0.15) is 40.8 Å². The van der Waals surface area contributed by atoms with E-state index in [1.807, 2.05) is 13.0 Å². The molecular weight excluding hydrogens is 465 g/mol. The lowest BCUT2D eigenvalue weighted by Crippen LogP contribution is -2.25. The largest absolute Gasteiger partial charge is 0.469 e. The standard InChI is InChI=1S/C21H22N5O5PS/c1-2-15-16(10-22)20(26-9-8-14(12-26)31-32(28,29)30)25-21(17(15)11-23)33-18(19(24)27)13-6-4-3-5-7-13/h3-7,14,18H,2,8-9,12H2,1H3,(H2,24,27)(H2,28,29,30)/t14-,18-/m0/s1. The number of aromatic nitrogens is 1. The van der Waals surface area contributed by atoms with E-state index >= 15 is 0 Å². The summed E-state index contributed by atoms with van der Waals surface area (Å²) in [6, 6.07) is 13.1. The average Bonchev–Trinajstić information content (AvgIpc) is 3.23. The highest BCUT2D eigenvalue weighted by Gasteiger charge is 2.33. The van der Waals surface area contributed by atoms with Crippen LogP contribution in [0.5, 0.6) is 0 Å². The molecule has 12 heteroatoms. The van der Waals surface area contributed by atoms with Crippen LogP contribution in [0.25, 0.3) is 0 Å². The highest BCUT2D eigenvalue weighted by Crippen LogP contribution is 2.42. The minimum absolute atomic E-state index is 0.115. The lowest BCUT2D eigenvalue weighted by Gasteiger charge is -2.23.